The van der Waals surface area contributed by atoms with Gasteiger partial charge in [-0.05, 0) is 0 Å². The Bertz CT molecular complexity index is 80.2. The summed E-state index contributed by atoms with van der Waals surface area (Å²) in [6.45, 7) is 0. The maximum absolute atomic E-state index is 11.7. The van der Waals surface area contributed by atoms with E-state index in [4.69, 9.17) is 0 Å². The van der Waals surface area contributed by atoms with E-state index in [0.717, 1.165) is 0 Å². The molecule has 0 saturated carbocycles. The van der Waals surface area contributed by atoms with Crippen LogP contribution in [0.3, 0.4) is 0 Å². The van der Waals surface area contributed by atoms with E-state index in [2.05, 4.69) is 4.43 Å². The SMILES string of the molecule is FC(F)C(F)C(F)O[SiH3]. The van der Waals surface area contributed by atoms with Crippen LogP contribution in [0.5, 0.6) is 0 Å². The van der Waals surface area contributed by atoms with Crippen LogP contribution in [0.4, 0.5) is 17.6 Å². The summed E-state index contributed by atoms with van der Waals surface area (Å²) >= 11 is 0. The van der Waals surface area contributed by atoms with Crippen LogP contribution in [0.2, 0.25) is 0 Å². The molecule has 6 heteroatoms. The lowest BCUT2D eigenvalue weighted by Crippen LogP contribution is -2.26. The van der Waals surface area contributed by atoms with Crippen molar-refractivity contribution in [3.63, 3.8) is 0 Å². The lowest BCUT2D eigenvalue weighted by Gasteiger charge is -2.09. The molecule has 0 aliphatic carbocycles. The topological polar surface area (TPSA) is 9.23 Å². The molecule has 0 aromatic heterocycles. The zero-order valence-corrected chi connectivity index (χ0v) is 6.65. The Hall–Kier alpha value is -0.103. The molecule has 56 valence electrons. The van der Waals surface area contributed by atoms with E-state index in [1.807, 2.05) is 0 Å². The fourth-order valence-corrected chi connectivity index (χ4v) is 0.504. The lowest BCUT2D eigenvalue weighted by molar-refractivity contribution is -0.0722. The molecule has 0 aliphatic rings. The van der Waals surface area contributed by atoms with Crippen molar-refractivity contribution in [3.8, 4) is 0 Å². The number of rotatable bonds is 3. The third-order valence-corrected chi connectivity index (χ3v) is 1.17. The molecule has 0 rings (SSSR count). The van der Waals surface area contributed by atoms with Crippen molar-refractivity contribution in [2.24, 2.45) is 0 Å². The third kappa shape index (κ3) is 2.80. The lowest BCUT2D eigenvalue weighted by atomic mass is 10.4. The first kappa shape index (κ1) is 8.90. The van der Waals surface area contributed by atoms with Gasteiger partial charge in [-0.25, -0.2) is 17.6 Å². The van der Waals surface area contributed by atoms with Crippen molar-refractivity contribution < 1.29 is 22.0 Å². The molecule has 0 radical (unpaired) electrons. The molecule has 0 bridgehead atoms. The molecule has 1 nitrogen and oxygen atoms in total. The molecule has 2 atom stereocenters. The Morgan fingerprint density at radius 3 is 1.67 bits per heavy atom. The predicted octanol–water partition coefficient (Wildman–Crippen LogP) is 0.182. The van der Waals surface area contributed by atoms with E-state index in [0.29, 0.717) is 0 Å². The van der Waals surface area contributed by atoms with Gasteiger partial charge in [0.1, 0.15) is 10.5 Å². The Labute approximate surface area is 52.5 Å². The van der Waals surface area contributed by atoms with Gasteiger partial charge in [-0.3, -0.25) is 0 Å². The fourth-order valence-electron chi connectivity index (χ4n) is 0.244. The Morgan fingerprint density at radius 1 is 1.11 bits per heavy atom. The second kappa shape index (κ2) is 3.83. The van der Waals surface area contributed by atoms with E-state index in [1.165, 1.54) is 0 Å². The normalized spacial score (nSPS) is 18.3. The maximum Gasteiger partial charge on any atom is 0.274 e. The minimum atomic E-state index is -3.30. The Kier molecular flexibility index (Phi) is 3.79. The van der Waals surface area contributed by atoms with Gasteiger partial charge in [0, 0.05) is 0 Å². The van der Waals surface area contributed by atoms with Crippen molar-refractivity contribution in [3.05, 3.63) is 0 Å². The number of halogens is 4. The van der Waals surface area contributed by atoms with Gasteiger partial charge in [0.05, 0.1) is 0 Å². The molecule has 0 aromatic carbocycles. The standard InChI is InChI=1S/C3H6F4OSi/c4-1(2(5)6)3(7)8-9/h1-3H,9H3. The number of hydrogen-bond donors (Lipinski definition) is 0. The highest BCUT2D eigenvalue weighted by atomic mass is 28.2. The molecule has 0 aromatic rings. The van der Waals surface area contributed by atoms with Gasteiger partial charge < -0.3 is 4.43 Å². The van der Waals surface area contributed by atoms with Crippen molar-refractivity contribution >= 4 is 10.5 Å². The van der Waals surface area contributed by atoms with E-state index in [1.54, 1.807) is 0 Å². The van der Waals surface area contributed by atoms with Crippen LogP contribution in [-0.4, -0.2) is 29.4 Å². The monoisotopic (exact) mass is 162 g/mol. The summed E-state index contributed by atoms with van der Waals surface area (Å²) in [5, 5.41) is 0. The van der Waals surface area contributed by atoms with E-state index < -0.39 is 19.0 Å². The molecule has 0 saturated heterocycles. The quantitative estimate of drug-likeness (QED) is 0.425. The summed E-state index contributed by atoms with van der Waals surface area (Å²) in [6.07, 6.45) is -8.56. The molecular weight excluding hydrogens is 156 g/mol. The van der Waals surface area contributed by atoms with Gasteiger partial charge in [0.25, 0.3) is 6.43 Å². The summed E-state index contributed by atoms with van der Waals surface area (Å²) in [7, 11) is -0.0819. The smallest absolute Gasteiger partial charge is 0.274 e. The van der Waals surface area contributed by atoms with Gasteiger partial charge in [-0.15, -0.1) is 0 Å². The maximum atomic E-state index is 11.7. The molecule has 0 aliphatic heterocycles. The van der Waals surface area contributed by atoms with Crippen LogP contribution in [0.15, 0.2) is 0 Å². The molecule has 0 spiro atoms. The summed E-state index contributed by atoms with van der Waals surface area (Å²) in [6, 6.07) is 0. The summed E-state index contributed by atoms with van der Waals surface area (Å²) in [5.41, 5.74) is 0. The molecule has 2 unspecified atom stereocenters. The Morgan fingerprint density at radius 2 is 1.56 bits per heavy atom. The first-order valence-corrected chi connectivity index (χ1v) is 3.00. The summed E-state index contributed by atoms with van der Waals surface area (Å²) < 4.78 is 49.6. The predicted molar refractivity (Wildman–Crippen MR) is 26.8 cm³/mol. The highest BCUT2D eigenvalue weighted by Crippen LogP contribution is 2.12. The zero-order valence-electron chi connectivity index (χ0n) is 4.65. The van der Waals surface area contributed by atoms with Crippen LogP contribution < -0.4 is 0 Å². The molecule has 0 N–H and O–H groups in total. The molecule has 0 amide bonds. The molecular formula is C3H6F4OSi. The fraction of sp³-hybridized carbons (Fsp3) is 1.00. The zero-order chi connectivity index (χ0) is 7.44. The van der Waals surface area contributed by atoms with Gasteiger partial charge in [-0.2, -0.15) is 0 Å². The minimum absolute atomic E-state index is 0.0819. The molecule has 0 heterocycles. The molecule has 9 heavy (non-hydrogen) atoms. The summed E-state index contributed by atoms with van der Waals surface area (Å²) in [4.78, 5) is 0. The first-order chi connectivity index (χ1) is 4.09. The van der Waals surface area contributed by atoms with Crippen LogP contribution in [0.25, 0.3) is 0 Å². The first-order valence-electron chi connectivity index (χ1n) is 2.18. The van der Waals surface area contributed by atoms with Crippen LogP contribution in [0, 0.1) is 0 Å². The van der Waals surface area contributed by atoms with Crippen LogP contribution >= 0.6 is 0 Å². The van der Waals surface area contributed by atoms with Crippen LogP contribution in [-0.2, 0) is 4.43 Å². The van der Waals surface area contributed by atoms with E-state index >= 15 is 0 Å². The van der Waals surface area contributed by atoms with E-state index in [9.17, 15) is 17.6 Å². The van der Waals surface area contributed by atoms with Crippen molar-refractivity contribution in [2.75, 3.05) is 0 Å². The minimum Gasteiger partial charge on any atom is -0.398 e. The van der Waals surface area contributed by atoms with Crippen molar-refractivity contribution in [1.82, 2.24) is 0 Å². The number of alkyl halides is 4. The summed E-state index contributed by atoms with van der Waals surface area (Å²) in [5.74, 6) is 0. The van der Waals surface area contributed by atoms with Gasteiger partial charge >= 0.3 is 0 Å². The van der Waals surface area contributed by atoms with Crippen molar-refractivity contribution in [1.29, 1.82) is 0 Å². The highest BCUT2D eigenvalue weighted by molar-refractivity contribution is 5.98. The van der Waals surface area contributed by atoms with Gasteiger partial charge in [-0.1, -0.05) is 0 Å². The average Bonchev–Trinajstić information content (AvgIpc) is 1.84. The van der Waals surface area contributed by atoms with Gasteiger partial charge in [0.15, 0.2) is 0 Å². The largest absolute Gasteiger partial charge is 0.398 e. The highest BCUT2D eigenvalue weighted by Gasteiger charge is 2.28. The third-order valence-electron chi connectivity index (χ3n) is 0.716. The van der Waals surface area contributed by atoms with E-state index in [-0.39, 0.29) is 10.5 Å². The average molecular weight is 162 g/mol. The second-order valence-electron chi connectivity index (χ2n) is 1.37. The number of hydrogen-bond acceptors (Lipinski definition) is 1. The van der Waals surface area contributed by atoms with Crippen molar-refractivity contribution in [2.45, 2.75) is 19.0 Å². The molecule has 0 fully saturated rings. The Balaban J connectivity index is 3.58. The second-order valence-corrected chi connectivity index (χ2v) is 1.84. The van der Waals surface area contributed by atoms with Crippen LogP contribution in [0.1, 0.15) is 0 Å². The van der Waals surface area contributed by atoms with Gasteiger partial charge in [0.2, 0.25) is 12.5 Å².